The molecule has 0 N–H and O–H groups in total. The summed E-state index contributed by atoms with van der Waals surface area (Å²) in [5.74, 6) is -0.142. The third kappa shape index (κ3) is 3.31. The van der Waals surface area contributed by atoms with Crippen molar-refractivity contribution < 1.29 is 9.47 Å². The molecule has 2 rings (SSSR count). The second-order valence-electron chi connectivity index (χ2n) is 5.38. The van der Waals surface area contributed by atoms with E-state index in [9.17, 15) is 0 Å². The second kappa shape index (κ2) is 6.25. The summed E-state index contributed by atoms with van der Waals surface area (Å²) in [6.07, 6.45) is 3.61. The van der Waals surface area contributed by atoms with E-state index >= 15 is 0 Å². The van der Waals surface area contributed by atoms with Gasteiger partial charge < -0.3 is 9.47 Å². The van der Waals surface area contributed by atoms with Crippen molar-refractivity contribution in [1.82, 2.24) is 0 Å². The molecule has 19 heavy (non-hydrogen) atoms. The van der Waals surface area contributed by atoms with Crippen LogP contribution in [0.3, 0.4) is 0 Å². The van der Waals surface area contributed by atoms with Gasteiger partial charge in [0.2, 0.25) is 0 Å². The van der Waals surface area contributed by atoms with Crippen molar-refractivity contribution in [3.63, 3.8) is 0 Å². The first-order valence-corrected chi connectivity index (χ1v) is 7.54. The summed E-state index contributed by atoms with van der Waals surface area (Å²) in [5, 5.41) is 0.736. The summed E-state index contributed by atoms with van der Waals surface area (Å²) < 4.78 is 12.3. The Balaban J connectivity index is 2.17. The molecule has 106 valence electrons. The van der Waals surface area contributed by atoms with Gasteiger partial charge >= 0.3 is 0 Å². The van der Waals surface area contributed by atoms with Crippen LogP contribution in [-0.4, -0.2) is 12.7 Å². The van der Waals surface area contributed by atoms with Gasteiger partial charge in [-0.25, -0.2) is 0 Å². The summed E-state index contributed by atoms with van der Waals surface area (Å²) >= 11 is 5.94. The number of ether oxygens (including phenoxy) is 2. The lowest BCUT2D eigenvalue weighted by atomic mass is 9.93. The summed E-state index contributed by atoms with van der Waals surface area (Å²) in [7, 11) is 0. The van der Waals surface area contributed by atoms with Crippen LogP contribution >= 0.6 is 11.6 Å². The van der Waals surface area contributed by atoms with Gasteiger partial charge in [-0.15, -0.1) is 0 Å². The normalized spacial score (nSPS) is 31.4. The highest BCUT2D eigenvalue weighted by Crippen LogP contribution is 2.37. The summed E-state index contributed by atoms with van der Waals surface area (Å²) in [4.78, 5) is 0. The Morgan fingerprint density at radius 1 is 1.26 bits per heavy atom. The molecule has 0 amide bonds. The highest BCUT2D eigenvalue weighted by Gasteiger charge is 2.39. The van der Waals surface area contributed by atoms with Crippen LogP contribution in [0.15, 0.2) is 24.3 Å². The van der Waals surface area contributed by atoms with E-state index in [1.54, 1.807) is 0 Å². The molecule has 0 unspecified atom stereocenters. The van der Waals surface area contributed by atoms with Gasteiger partial charge in [0, 0.05) is 16.5 Å². The highest BCUT2D eigenvalue weighted by molar-refractivity contribution is 6.30. The van der Waals surface area contributed by atoms with E-state index in [0.717, 1.165) is 36.5 Å². The van der Waals surface area contributed by atoms with E-state index in [2.05, 4.69) is 13.8 Å². The predicted molar refractivity (Wildman–Crippen MR) is 78.3 cm³/mol. The largest absolute Gasteiger partial charge is 0.346 e. The van der Waals surface area contributed by atoms with E-state index in [4.69, 9.17) is 21.1 Å². The average Bonchev–Trinajstić information content (AvgIpc) is 2.40. The van der Waals surface area contributed by atoms with Crippen molar-refractivity contribution in [3.8, 4) is 0 Å². The maximum absolute atomic E-state index is 6.28. The average molecular weight is 283 g/mol. The monoisotopic (exact) mass is 282 g/mol. The topological polar surface area (TPSA) is 18.5 Å². The maximum atomic E-state index is 6.28. The third-order valence-electron chi connectivity index (χ3n) is 3.94. The summed E-state index contributed by atoms with van der Waals surface area (Å²) in [6, 6.07) is 7.74. The molecule has 1 aliphatic heterocycles. The first-order chi connectivity index (χ1) is 9.09. The molecule has 0 radical (unpaired) electrons. The Labute approximate surface area is 121 Å². The van der Waals surface area contributed by atoms with E-state index in [1.165, 1.54) is 0 Å². The molecular weight excluding hydrogens is 260 g/mol. The van der Waals surface area contributed by atoms with Gasteiger partial charge in [0.05, 0.1) is 12.7 Å². The molecule has 2 nitrogen and oxygen atoms in total. The fourth-order valence-electron chi connectivity index (χ4n) is 2.66. The molecule has 3 heteroatoms. The minimum Gasteiger partial charge on any atom is -0.346 e. The first kappa shape index (κ1) is 14.8. The van der Waals surface area contributed by atoms with E-state index < -0.39 is 5.79 Å². The summed E-state index contributed by atoms with van der Waals surface area (Å²) in [6.45, 7) is 7.17. The van der Waals surface area contributed by atoms with Crippen molar-refractivity contribution in [2.24, 2.45) is 5.92 Å². The van der Waals surface area contributed by atoms with E-state index in [1.807, 2.05) is 31.2 Å². The number of hydrogen-bond donors (Lipinski definition) is 0. The Morgan fingerprint density at radius 2 is 1.95 bits per heavy atom. The molecule has 1 heterocycles. The molecule has 1 aromatic carbocycles. The quantitative estimate of drug-likeness (QED) is 0.793. The van der Waals surface area contributed by atoms with Crippen LogP contribution in [0, 0.1) is 5.92 Å². The van der Waals surface area contributed by atoms with E-state index in [-0.39, 0.29) is 6.10 Å². The SMILES string of the molecule is CCC[C@H]1O[C@](C)(c2ccc(Cl)cc2)OC[C@@H]1CC. The maximum Gasteiger partial charge on any atom is 0.192 e. The Morgan fingerprint density at radius 3 is 2.53 bits per heavy atom. The van der Waals surface area contributed by atoms with Crippen molar-refractivity contribution in [2.45, 2.75) is 51.9 Å². The molecule has 3 atom stereocenters. The van der Waals surface area contributed by atoms with Crippen LogP contribution in [-0.2, 0) is 15.3 Å². The lowest BCUT2D eigenvalue weighted by molar-refractivity contribution is -0.312. The molecule has 0 bridgehead atoms. The van der Waals surface area contributed by atoms with Gasteiger partial charge in [-0.05, 0) is 31.9 Å². The van der Waals surface area contributed by atoms with Crippen LogP contribution in [0.25, 0.3) is 0 Å². The lowest BCUT2D eigenvalue weighted by Crippen LogP contribution is -2.45. The van der Waals surface area contributed by atoms with Crippen LogP contribution < -0.4 is 0 Å². The molecule has 0 aromatic heterocycles. The van der Waals surface area contributed by atoms with E-state index in [0.29, 0.717) is 5.92 Å². The van der Waals surface area contributed by atoms with Crippen LogP contribution in [0.4, 0.5) is 0 Å². The minimum atomic E-state index is -0.643. The fraction of sp³-hybridized carbons (Fsp3) is 0.625. The zero-order chi connectivity index (χ0) is 13.9. The van der Waals surface area contributed by atoms with Gasteiger partial charge in [-0.1, -0.05) is 44.0 Å². The van der Waals surface area contributed by atoms with Gasteiger partial charge in [-0.2, -0.15) is 0 Å². The van der Waals surface area contributed by atoms with Crippen LogP contribution in [0.1, 0.15) is 45.6 Å². The summed E-state index contributed by atoms with van der Waals surface area (Å²) in [5.41, 5.74) is 1.03. The predicted octanol–water partition coefficient (Wildman–Crippen LogP) is 4.75. The molecule has 1 aromatic rings. The van der Waals surface area contributed by atoms with Crippen molar-refractivity contribution in [1.29, 1.82) is 0 Å². The minimum absolute atomic E-state index is 0.282. The van der Waals surface area contributed by atoms with Crippen molar-refractivity contribution >= 4 is 11.6 Å². The lowest BCUT2D eigenvalue weighted by Gasteiger charge is -2.43. The number of halogens is 1. The fourth-order valence-corrected chi connectivity index (χ4v) is 2.78. The van der Waals surface area contributed by atoms with Crippen molar-refractivity contribution in [3.05, 3.63) is 34.9 Å². The third-order valence-corrected chi connectivity index (χ3v) is 4.19. The molecule has 1 fully saturated rings. The molecule has 0 spiro atoms. The molecule has 1 saturated heterocycles. The smallest absolute Gasteiger partial charge is 0.192 e. The molecule has 1 aliphatic rings. The molecule has 0 saturated carbocycles. The van der Waals surface area contributed by atoms with Crippen molar-refractivity contribution in [2.75, 3.05) is 6.61 Å². The Bertz CT molecular complexity index is 404. The second-order valence-corrected chi connectivity index (χ2v) is 5.81. The van der Waals surface area contributed by atoms with Gasteiger partial charge in [0.15, 0.2) is 5.79 Å². The van der Waals surface area contributed by atoms with Gasteiger partial charge in [-0.3, -0.25) is 0 Å². The van der Waals surface area contributed by atoms with Crippen LogP contribution in [0.2, 0.25) is 5.02 Å². The van der Waals surface area contributed by atoms with Gasteiger partial charge in [0.25, 0.3) is 0 Å². The first-order valence-electron chi connectivity index (χ1n) is 7.17. The number of benzene rings is 1. The Hall–Kier alpha value is -0.570. The van der Waals surface area contributed by atoms with Gasteiger partial charge in [0.1, 0.15) is 0 Å². The Kier molecular flexibility index (Phi) is 4.88. The van der Waals surface area contributed by atoms with Crippen LogP contribution in [0.5, 0.6) is 0 Å². The zero-order valence-corrected chi connectivity index (χ0v) is 12.7. The number of hydrogen-bond acceptors (Lipinski definition) is 2. The molecule has 0 aliphatic carbocycles. The zero-order valence-electron chi connectivity index (χ0n) is 12.0. The standard InChI is InChI=1S/C16H23ClO2/c1-4-6-15-12(5-2)11-18-16(3,19-15)13-7-9-14(17)10-8-13/h7-10,12,15H,4-6,11H2,1-3H3/t12-,15+,16+/m0/s1. The molecular formula is C16H23ClO2. The highest BCUT2D eigenvalue weighted by atomic mass is 35.5. The number of rotatable bonds is 4.